The molecule has 0 radical (unpaired) electrons. The highest BCUT2D eigenvalue weighted by molar-refractivity contribution is 7.90. The number of fused-ring (bicyclic) bond motifs is 1. The lowest BCUT2D eigenvalue weighted by Gasteiger charge is -2.30. The molecule has 0 spiro atoms. The first-order chi connectivity index (χ1) is 12.7. The number of nitrogens with zero attached hydrogens (tertiary/aromatic N) is 2. The Morgan fingerprint density at radius 2 is 1.96 bits per heavy atom. The molecule has 1 atom stereocenters. The molecule has 1 N–H and O–H groups in total. The van der Waals surface area contributed by atoms with E-state index >= 15 is 0 Å². The van der Waals surface area contributed by atoms with Gasteiger partial charge in [-0.15, -0.1) is 0 Å². The second kappa shape index (κ2) is 7.19. The third-order valence-electron chi connectivity index (χ3n) is 4.62. The Labute approximate surface area is 154 Å². The average Bonchev–Trinajstić information content (AvgIpc) is 3.13. The molecule has 26 heavy (non-hydrogen) atoms. The average molecular weight is 373 g/mol. The van der Waals surface area contributed by atoms with E-state index in [1.54, 1.807) is 31.5 Å². The molecule has 0 amide bonds. The number of ether oxygens (including phenoxy) is 1. The Morgan fingerprint density at radius 1 is 1.15 bits per heavy atom. The highest BCUT2D eigenvalue weighted by Crippen LogP contribution is 2.33. The first-order valence-corrected chi connectivity index (χ1v) is 9.61. The number of benzene rings is 2. The number of methoxy groups -OCH3 is 1. The maximum atomic E-state index is 14.3. The molecule has 1 unspecified atom stereocenters. The Bertz CT molecular complexity index is 924. The second-order valence-electron chi connectivity index (χ2n) is 6.14. The molecule has 1 fully saturated rings. The van der Waals surface area contributed by atoms with Crippen molar-refractivity contribution in [3.63, 3.8) is 0 Å². The van der Waals surface area contributed by atoms with Crippen molar-refractivity contribution in [2.75, 3.05) is 38.2 Å². The second-order valence-corrected chi connectivity index (χ2v) is 7.50. The minimum Gasteiger partial charge on any atom is -0.587 e. The fourth-order valence-corrected chi connectivity index (χ4v) is 4.46. The number of piperazine rings is 1. The number of halogens is 1. The van der Waals surface area contributed by atoms with Gasteiger partial charge in [-0.25, -0.2) is 4.39 Å². The van der Waals surface area contributed by atoms with Gasteiger partial charge in [0.05, 0.1) is 19.0 Å². The molecule has 0 bridgehead atoms. The molecule has 3 aromatic rings. The topological polar surface area (TPSA) is 52.5 Å². The standard InChI is InChI=1S/C19H20FN3O2S/c1-25-18-6-5-15(13-17(18)22-11-8-21-9-12-22)26(24)23-10-7-14-3-2-4-16(20)19(14)23/h2-7,10,13,21H,8-9,11-12H2,1H3. The van der Waals surface area contributed by atoms with E-state index in [2.05, 4.69) is 10.2 Å². The van der Waals surface area contributed by atoms with Crippen LogP contribution in [0.5, 0.6) is 5.75 Å². The van der Waals surface area contributed by atoms with Crippen LogP contribution in [0.3, 0.4) is 0 Å². The molecule has 7 heteroatoms. The molecule has 1 aromatic heterocycles. The van der Waals surface area contributed by atoms with E-state index in [0.717, 1.165) is 43.0 Å². The molecule has 136 valence electrons. The molecule has 2 heterocycles. The zero-order chi connectivity index (χ0) is 18.1. The Balaban J connectivity index is 1.74. The molecule has 5 nitrogen and oxygen atoms in total. The van der Waals surface area contributed by atoms with Crippen LogP contribution < -0.4 is 15.0 Å². The summed E-state index contributed by atoms with van der Waals surface area (Å²) in [5, 5.41) is 4.05. The highest BCUT2D eigenvalue weighted by Gasteiger charge is 2.23. The number of anilines is 1. The summed E-state index contributed by atoms with van der Waals surface area (Å²) < 4.78 is 34.4. The summed E-state index contributed by atoms with van der Waals surface area (Å²) in [6.07, 6.45) is 1.67. The molecule has 4 rings (SSSR count). The lowest BCUT2D eigenvalue weighted by atomic mass is 10.2. The molecule has 1 aliphatic heterocycles. The first kappa shape index (κ1) is 17.2. The predicted molar refractivity (Wildman–Crippen MR) is 102 cm³/mol. The van der Waals surface area contributed by atoms with Gasteiger partial charge in [-0.3, -0.25) is 0 Å². The van der Waals surface area contributed by atoms with E-state index in [1.807, 2.05) is 18.2 Å². The summed E-state index contributed by atoms with van der Waals surface area (Å²) in [4.78, 5) is 2.82. The minimum atomic E-state index is -1.55. The summed E-state index contributed by atoms with van der Waals surface area (Å²) >= 11 is -1.55. The molecular weight excluding hydrogens is 353 g/mol. The van der Waals surface area contributed by atoms with Gasteiger partial charge in [0.2, 0.25) is 0 Å². The summed E-state index contributed by atoms with van der Waals surface area (Å²) in [5.41, 5.74) is 1.27. The molecule has 1 saturated heterocycles. The molecule has 2 aromatic carbocycles. The maximum Gasteiger partial charge on any atom is 0.182 e. The molecule has 1 aliphatic rings. The quantitative estimate of drug-likeness (QED) is 0.715. The van der Waals surface area contributed by atoms with Gasteiger partial charge in [0.15, 0.2) is 10.7 Å². The number of rotatable bonds is 4. The monoisotopic (exact) mass is 373 g/mol. The Kier molecular flexibility index (Phi) is 4.76. The van der Waals surface area contributed by atoms with Crippen molar-refractivity contribution < 1.29 is 13.7 Å². The number of para-hydroxylation sites is 1. The summed E-state index contributed by atoms with van der Waals surface area (Å²) in [7, 11) is 1.63. The lowest BCUT2D eigenvalue weighted by molar-refractivity contribution is 0.412. The van der Waals surface area contributed by atoms with Gasteiger partial charge in [-0.05, 0) is 24.3 Å². The van der Waals surface area contributed by atoms with Gasteiger partial charge >= 0.3 is 0 Å². The van der Waals surface area contributed by atoms with Gasteiger partial charge in [0, 0.05) is 37.6 Å². The maximum absolute atomic E-state index is 14.3. The van der Waals surface area contributed by atoms with Crippen molar-refractivity contribution in [3.05, 3.63) is 54.5 Å². The molecule has 0 saturated carbocycles. The van der Waals surface area contributed by atoms with Crippen molar-refractivity contribution in [1.82, 2.24) is 9.29 Å². The zero-order valence-electron chi connectivity index (χ0n) is 14.4. The van der Waals surface area contributed by atoms with Crippen molar-refractivity contribution in [2.45, 2.75) is 4.90 Å². The Morgan fingerprint density at radius 3 is 2.73 bits per heavy atom. The summed E-state index contributed by atoms with van der Waals surface area (Å²) in [5.74, 6) is 0.368. The van der Waals surface area contributed by atoms with Gasteiger partial charge in [-0.2, -0.15) is 3.97 Å². The van der Waals surface area contributed by atoms with E-state index in [-0.39, 0.29) is 5.82 Å². The van der Waals surface area contributed by atoms with Crippen molar-refractivity contribution in [3.8, 4) is 5.75 Å². The van der Waals surface area contributed by atoms with E-state index in [4.69, 9.17) is 4.74 Å². The van der Waals surface area contributed by atoms with E-state index in [0.29, 0.717) is 10.4 Å². The highest BCUT2D eigenvalue weighted by atomic mass is 32.2. The van der Waals surface area contributed by atoms with E-state index in [9.17, 15) is 8.94 Å². The van der Waals surface area contributed by atoms with Crippen LogP contribution in [0, 0.1) is 5.82 Å². The number of nitrogens with one attached hydrogen (secondary N) is 1. The van der Waals surface area contributed by atoms with E-state index in [1.165, 1.54) is 10.0 Å². The third-order valence-corrected chi connectivity index (χ3v) is 5.93. The number of hydrogen-bond donors (Lipinski definition) is 1. The lowest BCUT2D eigenvalue weighted by Crippen LogP contribution is -2.43. The number of aromatic nitrogens is 1. The third kappa shape index (κ3) is 3.02. The minimum absolute atomic E-state index is 0.352. The van der Waals surface area contributed by atoms with Crippen LogP contribution in [-0.2, 0) is 11.4 Å². The summed E-state index contributed by atoms with van der Waals surface area (Å²) in [6, 6.07) is 12.1. The van der Waals surface area contributed by atoms with Crippen LogP contribution in [0.25, 0.3) is 10.9 Å². The van der Waals surface area contributed by atoms with Gasteiger partial charge in [-0.1, -0.05) is 12.1 Å². The number of hydrogen-bond acceptors (Lipinski definition) is 4. The fraction of sp³-hybridized carbons (Fsp3) is 0.263. The van der Waals surface area contributed by atoms with Crippen LogP contribution in [0.1, 0.15) is 0 Å². The van der Waals surface area contributed by atoms with Crippen molar-refractivity contribution in [1.29, 1.82) is 0 Å². The first-order valence-electron chi connectivity index (χ1n) is 8.50. The summed E-state index contributed by atoms with van der Waals surface area (Å²) in [6.45, 7) is 3.49. The normalized spacial score (nSPS) is 16.0. The molecule has 0 aliphatic carbocycles. The van der Waals surface area contributed by atoms with Gasteiger partial charge in [0.1, 0.15) is 22.6 Å². The van der Waals surface area contributed by atoms with Crippen molar-refractivity contribution in [2.24, 2.45) is 0 Å². The fourth-order valence-electron chi connectivity index (χ4n) is 3.30. The predicted octanol–water partition coefficient (Wildman–Crippen LogP) is 2.77. The van der Waals surface area contributed by atoms with Crippen LogP contribution >= 0.6 is 0 Å². The van der Waals surface area contributed by atoms with Crippen LogP contribution in [0.2, 0.25) is 0 Å². The van der Waals surface area contributed by atoms with Gasteiger partial charge < -0.3 is 19.5 Å². The zero-order valence-corrected chi connectivity index (χ0v) is 15.3. The largest absolute Gasteiger partial charge is 0.587 e. The smallest absolute Gasteiger partial charge is 0.182 e. The molecular formula is C19H20FN3O2S. The van der Waals surface area contributed by atoms with E-state index < -0.39 is 11.4 Å². The van der Waals surface area contributed by atoms with Crippen LogP contribution in [-0.4, -0.2) is 41.8 Å². The van der Waals surface area contributed by atoms with Crippen LogP contribution in [0.15, 0.2) is 53.6 Å². The Hall–Kier alpha value is -2.22. The van der Waals surface area contributed by atoms with Crippen LogP contribution in [0.4, 0.5) is 10.1 Å². The SMILES string of the molecule is COc1ccc([S+]([O-])n2ccc3cccc(F)c32)cc1N1CCNCC1. The van der Waals surface area contributed by atoms with Gasteiger partial charge in [0.25, 0.3) is 0 Å². The van der Waals surface area contributed by atoms with Crippen molar-refractivity contribution >= 4 is 28.0 Å².